The summed E-state index contributed by atoms with van der Waals surface area (Å²) in [6, 6.07) is 6.22. The van der Waals surface area contributed by atoms with Crippen molar-refractivity contribution in [3.8, 4) is 0 Å². The number of nitrogens with one attached hydrogen (secondary N) is 1. The molecule has 0 bridgehead atoms. The third-order valence-corrected chi connectivity index (χ3v) is 2.73. The van der Waals surface area contributed by atoms with Crippen molar-refractivity contribution in [2.24, 2.45) is 0 Å². The predicted molar refractivity (Wildman–Crippen MR) is 67.6 cm³/mol. The number of aromatic nitrogens is 1. The number of carbonyl (C=O) groups excluding carboxylic acids is 1. The quantitative estimate of drug-likeness (QED) is 0.901. The van der Waals surface area contributed by atoms with Crippen molar-refractivity contribution in [1.82, 2.24) is 5.16 Å². The second kappa shape index (κ2) is 5.11. The summed E-state index contributed by atoms with van der Waals surface area (Å²) >= 11 is 5.96. The highest BCUT2D eigenvalue weighted by Crippen LogP contribution is 2.25. The Morgan fingerprint density at radius 1 is 1.42 bits per heavy atom. The Labute approximate surface area is 113 Å². The van der Waals surface area contributed by atoms with Crippen LogP contribution in [-0.2, 0) is 0 Å². The van der Waals surface area contributed by atoms with Gasteiger partial charge in [0.05, 0.1) is 10.7 Å². The molecule has 1 aromatic carbocycles. The summed E-state index contributed by atoms with van der Waals surface area (Å²) in [6.45, 7) is 1.78. The van der Waals surface area contributed by atoms with Gasteiger partial charge in [-0.05, 0) is 18.6 Å². The van der Waals surface area contributed by atoms with Crippen molar-refractivity contribution < 1.29 is 19.2 Å². The van der Waals surface area contributed by atoms with Crippen molar-refractivity contribution in [3.63, 3.8) is 0 Å². The predicted octanol–water partition coefficient (Wildman–Crippen LogP) is 2.59. The molecule has 0 fully saturated rings. The minimum atomic E-state index is -1.29. The summed E-state index contributed by atoms with van der Waals surface area (Å²) in [7, 11) is 0. The number of para-hydroxylation sites is 1. The molecule has 0 unspecified atom stereocenters. The van der Waals surface area contributed by atoms with Crippen LogP contribution in [0.15, 0.2) is 28.8 Å². The number of carboxylic acids is 1. The van der Waals surface area contributed by atoms with Gasteiger partial charge in [-0.3, -0.25) is 4.79 Å². The number of halogens is 1. The number of aryl methyl sites for hydroxylation is 1. The Morgan fingerprint density at radius 2 is 2.16 bits per heavy atom. The Kier molecular flexibility index (Phi) is 3.52. The van der Waals surface area contributed by atoms with Crippen LogP contribution in [-0.4, -0.2) is 22.1 Å². The lowest BCUT2D eigenvalue weighted by Gasteiger charge is -2.08. The molecule has 0 atom stereocenters. The van der Waals surface area contributed by atoms with Gasteiger partial charge in [0.2, 0.25) is 5.76 Å². The number of benzene rings is 1. The van der Waals surface area contributed by atoms with E-state index >= 15 is 0 Å². The first-order valence-corrected chi connectivity index (χ1v) is 5.63. The molecule has 0 saturated heterocycles. The summed E-state index contributed by atoms with van der Waals surface area (Å²) in [5.74, 6) is -2.28. The number of hydrogen-bond donors (Lipinski definition) is 2. The average Bonchev–Trinajstić information content (AvgIpc) is 2.83. The molecule has 2 aromatic rings. The summed E-state index contributed by atoms with van der Waals surface area (Å²) in [6.07, 6.45) is 0. The number of hydrogen-bond acceptors (Lipinski definition) is 4. The molecule has 2 rings (SSSR count). The Morgan fingerprint density at radius 3 is 2.74 bits per heavy atom. The molecule has 1 heterocycles. The molecule has 0 radical (unpaired) electrons. The highest BCUT2D eigenvalue weighted by molar-refractivity contribution is 6.34. The van der Waals surface area contributed by atoms with Gasteiger partial charge in [0.15, 0.2) is 5.69 Å². The lowest BCUT2D eigenvalue weighted by molar-refractivity contribution is 0.0651. The maximum absolute atomic E-state index is 11.9. The van der Waals surface area contributed by atoms with E-state index in [-0.39, 0.29) is 5.69 Å². The summed E-state index contributed by atoms with van der Waals surface area (Å²) < 4.78 is 4.50. The number of rotatable bonds is 3. The fraction of sp³-hybridized carbons (Fsp3) is 0.0833. The van der Waals surface area contributed by atoms with E-state index in [0.29, 0.717) is 10.7 Å². The summed E-state index contributed by atoms with van der Waals surface area (Å²) in [5, 5.41) is 15.0. The average molecular weight is 281 g/mol. The molecule has 7 heteroatoms. The highest BCUT2D eigenvalue weighted by Gasteiger charge is 2.18. The first-order chi connectivity index (χ1) is 8.99. The Hall–Kier alpha value is -2.34. The van der Waals surface area contributed by atoms with Gasteiger partial charge in [-0.25, -0.2) is 4.79 Å². The molecule has 0 aliphatic carbocycles. The van der Waals surface area contributed by atoms with Crippen LogP contribution in [0.25, 0.3) is 0 Å². The van der Waals surface area contributed by atoms with Crippen LogP contribution in [0.5, 0.6) is 0 Å². The molecule has 0 aliphatic heterocycles. The van der Waals surface area contributed by atoms with Crippen LogP contribution in [0.3, 0.4) is 0 Å². The zero-order valence-corrected chi connectivity index (χ0v) is 10.6. The van der Waals surface area contributed by atoms with Crippen LogP contribution in [0.2, 0.25) is 5.02 Å². The van der Waals surface area contributed by atoms with Gasteiger partial charge >= 0.3 is 5.97 Å². The smallest absolute Gasteiger partial charge is 0.374 e. The van der Waals surface area contributed by atoms with E-state index in [0.717, 1.165) is 11.6 Å². The van der Waals surface area contributed by atoms with Crippen LogP contribution in [0.4, 0.5) is 5.69 Å². The van der Waals surface area contributed by atoms with Crippen LogP contribution < -0.4 is 5.32 Å². The molecule has 6 nitrogen and oxygen atoms in total. The van der Waals surface area contributed by atoms with E-state index in [1.165, 1.54) is 0 Å². The van der Waals surface area contributed by atoms with Gasteiger partial charge in [-0.2, -0.15) is 0 Å². The van der Waals surface area contributed by atoms with E-state index in [1.54, 1.807) is 25.1 Å². The van der Waals surface area contributed by atoms with Gasteiger partial charge in [0.25, 0.3) is 5.91 Å². The van der Waals surface area contributed by atoms with Gasteiger partial charge < -0.3 is 14.9 Å². The Balaban J connectivity index is 2.23. The van der Waals surface area contributed by atoms with Crippen LogP contribution in [0.1, 0.15) is 26.6 Å². The minimum Gasteiger partial charge on any atom is -0.475 e. The molecule has 0 saturated carbocycles. The number of nitrogens with zero attached hydrogens (tertiary/aromatic N) is 1. The lowest BCUT2D eigenvalue weighted by Crippen LogP contribution is -2.13. The first kappa shape index (κ1) is 13.1. The fourth-order valence-electron chi connectivity index (χ4n) is 1.45. The summed E-state index contributed by atoms with van der Waals surface area (Å²) in [5.41, 5.74) is 1.11. The number of amides is 1. The minimum absolute atomic E-state index is 0.128. The zero-order chi connectivity index (χ0) is 14.0. The maximum atomic E-state index is 11.9. The second-order valence-corrected chi connectivity index (χ2v) is 4.17. The number of aromatic carboxylic acids is 1. The monoisotopic (exact) mass is 280 g/mol. The summed E-state index contributed by atoms with van der Waals surface area (Å²) in [4.78, 5) is 22.5. The van der Waals surface area contributed by atoms with E-state index < -0.39 is 17.6 Å². The van der Waals surface area contributed by atoms with Gasteiger partial charge in [-0.15, -0.1) is 0 Å². The molecule has 19 heavy (non-hydrogen) atoms. The fourth-order valence-corrected chi connectivity index (χ4v) is 1.72. The van der Waals surface area contributed by atoms with Crippen molar-refractivity contribution >= 4 is 29.2 Å². The lowest BCUT2D eigenvalue weighted by atomic mass is 10.2. The molecule has 2 N–H and O–H groups in total. The van der Waals surface area contributed by atoms with Crippen LogP contribution in [0, 0.1) is 6.92 Å². The number of anilines is 1. The maximum Gasteiger partial charge on any atom is 0.374 e. The number of carboxylic acid groups (broad SMARTS) is 1. The normalized spacial score (nSPS) is 10.2. The standard InChI is InChI=1S/C12H9ClN2O4/c1-6-3-2-4-7(13)10(6)14-11(16)8-5-9(12(17)18)19-15-8/h2-5H,1H3,(H,14,16)(H,17,18). The highest BCUT2D eigenvalue weighted by atomic mass is 35.5. The molecule has 1 amide bonds. The Bertz CT molecular complexity index is 631. The third-order valence-electron chi connectivity index (χ3n) is 2.41. The first-order valence-electron chi connectivity index (χ1n) is 5.25. The van der Waals surface area contributed by atoms with Gasteiger partial charge in [-0.1, -0.05) is 28.9 Å². The van der Waals surface area contributed by atoms with Crippen LogP contribution >= 0.6 is 11.6 Å². The van der Waals surface area contributed by atoms with E-state index in [2.05, 4.69) is 15.0 Å². The van der Waals surface area contributed by atoms with Crippen molar-refractivity contribution in [2.75, 3.05) is 5.32 Å². The molecular weight excluding hydrogens is 272 g/mol. The van der Waals surface area contributed by atoms with Gasteiger partial charge in [0.1, 0.15) is 0 Å². The second-order valence-electron chi connectivity index (χ2n) is 3.77. The van der Waals surface area contributed by atoms with E-state index in [9.17, 15) is 9.59 Å². The molecular formula is C12H9ClN2O4. The largest absolute Gasteiger partial charge is 0.475 e. The topological polar surface area (TPSA) is 92.4 Å². The number of carbonyl (C=O) groups is 2. The van der Waals surface area contributed by atoms with E-state index in [1.807, 2.05) is 0 Å². The molecule has 0 aliphatic rings. The molecule has 1 aromatic heterocycles. The van der Waals surface area contributed by atoms with Crippen molar-refractivity contribution in [2.45, 2.75) is 6.92 Å². The van der Waals surface area contributed by atoms with E-state index in [4.69, 9.17) is 16.7 Å². The third kappa shape index (κ3) is 2.74. The molecule has 0 spiro atoms. The SMILES string of the molecule is Cc1cccc(Cl)c1NC(=O)c1cc(C(=O)O)on1. The van der Waals surface area contributed by atoms with Crippen molar-refractivity contribution in [1.29, 1.82) is 0 Å². The molecule has 98 valence electrons. The van der Waals surface area contributed by atoms with Gasteiger partial charge in [0, 0.05) is 6.07 Å². The zero-order valence-electron chi connectivity index (χ0n) is 9.81. The van der Waals surface area contributed by atoms with Crippen molar-refractivity contribution in [3.05, 3.63) is 46.3 Å².